The highest BCUT2D eigenvalue weighted by molar-refractivity contribution is 9.10. The minimum absolute atomic E-state index is 0.681. The third-order valence-corrected chi connectivity index (χ3v) is 5.66. The molecule has 1 aliphatic rings. The summed E-state index contributed by atoms with van der Waals surface area (Å²) in [5.74, 6) is 4.21. The van der Waals surface area contributed by atoms with Gasteiger partial charge >= 0.3 is 0 Å². The molecule has 2 rings (SSSR count). The maximum Gasteiger partial charge on any atom is 0.134 e. The molecule has 0 spiro atoms. The van der Waals surface area contributed by atoms with E-state index in [9.17, 15) is 0 Å². The van der Waals surface area contributed by atoms with Crippen molar-refractivity contribution in [3.63, 3.8) is 0 Å². The second-order valence-electron chi connectivity index (χ2n) is 3.46. The Bertz CT molecular complexity index is 279. The Kier molecular flexibility index (Phi) is 3.33. The quantitative estimate of drug-likeness (QED) is 0.713. The molecule has 1 fully saturated rings. The SMILES string of the molecule is Brc1ccccc1C[S+]1CCCC1. The minimum Gasteiger partial charge on any atom is -0.0617 e. The van der Waals surface area contributed by atoms with Crippen LogP contribution in [0.3, 0.4) is 0 Å². The highest BCUT2D eigenvalue weighted by atomic mass is 79.9. The summed E-state index contributed by atoms with van der Waals surface area (Å²) in [4.78, 5) is 0. The molecule has 0 aromatic heterocycles. The maximum atomic E-state index is 3.61. The molecule has 0 unspecified atom stereocenters. The zero-order valence-corrected chi connectivity index (χ0v) is 10.0. The number of halogens is 1. The van der Waals surface area contributed by atoms with E-state index >= 15 is 0 Å². The molecule has 70 valence electrons. The lowest BCUT2D eigenvalue weighted by atomic mass is 10.2. The van der Waals surface area contributed by atoms with Crippen LogP contribution in [0.1, 0.15) is 18.4 Å². The van der Waals surface area contributed by atoms with Gasteiger partial charge in [-0.2, -0.15) is 0 Å². The summed E-state index contributed by atoms with van der Waals surface area (Å²) in [7, 11) is 0.681. The highest BCUT2D eigenvalue weighted by Crippen LogP contribution is 2.23. The van der Waals surface area contributed by atoms with Crippen LogP contribution < -0.4 is 0 Å². The molecule has 0 bridgehead atoms. The zero-order valence-electron chi connectivity index (χ0n) is 7.63. The normalized spacial score (nSPS) is 17.9. The molecule has 1 aromatic rings. The summed E-state index contributed by atoms with van der Waals surface area (Å²) in [6, 6.07) is 8.62. The molecule has 13 heavy (non-hydrogen) atoms. The van der Waals surface area contributed by atoms with Crippen LogP contribution in [-0.4, -0.2) is 11.5 Å². The number of hydrogen-bond acceptors (Lipinski definition) is 0. The Hall–Kier alpha value is 0.0500. The van der Waals surface area contributed by atoms with Crippen molar-refractivity contribution in [2.75, 3.05) is 11.5 Å². The van der Waals surface area contributed by atoms with Crippen molar-refractivity contribution in [3.05, 3.63) is 34.3 Å². The van der Waals surface area contributed by atoms with E-state index in [4.69, 9.17) is 0 Å². The Morgan fingerprint density at radius 1 is 1.15 bits per heavy atom. The van der Waals surface area contributed by atoms with Crippen molar-refractivity contribution in [2.24, 2.45) is 0 Å². The standard InChI is InChI=1S/C11H14BrS/c12-11-6-2-1-5-10(11)9-13-7-3-4-8-13/h1-2,5-6H,3-4,7-9H2/q+1. The van der Waals surface area contributed by atoms with Gasteiger partial charge in [0, 0.05) is 10.0 Å². The van der Waals surface area contributed by atoms with Gasteiger partial charge in [0.2, 0.25) is 0 Å². The van der Waals surface area contributed by atoms with Gasteiger partial charge in [-0.25, -0.2) is 0 Å². The second kappa shape index (κ2) is 4.52. The van der Waals surface area contributed by atoms with Crippen molar-refractivity contribution in [2.45, 2.75) is 18.6 Å². The van der Waals surface area contributed by atoms with Crippen LogP contribution in [0, 0.1) is 0 Å². The first-order valence-electron chi connectivity index (χ1n) is 4.74. The van der Waals surface area contributed by atoms with Crippen LogP contribution in [0.25, 0.3) is 0 Å². The van der Waals surface area contributed by atoms with Gasteiger partial charge in [-0.1, -0.05) is 34.1 Å². The van der Waals surface area contributed by atoms with E-state index in [1.807, 2.05) is 0 Å². The summed E-state index contributed by atoms with van der Waals surface area (Å²) in [5, 5.41) is 0. The van der Waals surface area contributed by atoms with Gasteiger partial charge in [-0.3, -0.25) is 0 Å². The van der Waals surface area contributed by atoms with Crippen LogP contribution in [-0.2, 0) is 16.6 Å². The molecular formula is C11H14BrS+. The van der Waals surface area contributed by atoms with E-state index in [0.29, 0.717) is 10.9 Å². The highest BCUT2D eigenvalue weighted by Gasteiger charge is 2.24. The van der Waals surface area contributed by atoms with Crippen LogP contribution in [0.5, 0.6) is 0 Å². The molecule has 0 atom stereocenters. The molecule has 0 amide bonds. The average Bonchev–Trinajstić information content (AvgIpc) is 2.61. The van der Waals surface area contributed by atoms with Gasteiger partial charge in [-0.15, -0.1) is 0 Å². The summed E-state index contributed by atoms with van der Waals surface area (Å²) < 4.78 is 1.29. The van der Waals surface area contributed by atoms with Gasteiger partial charge in [0.15, 0.2) is 0 Å². The van der Waals surface area contributed by atoms with E-state index in [1.165, 1.54) is 40.1 Å². The molecule has 0 N–H and O–H groups in total. The van der Waals surface area contributed by atoms with Crippen molar-refractivity contribution < 1.29 is 0 Å². The monoisotopic (exact) mass is 257 g/mol. The molecule has 1 aliphatic heterocycles. The van der Waals surface area contributed by atoms with Crippen LogP contribution in [0.15, 0.2) is 28.7 Å². The minimum atomic E-state index is 0.681. The Morgan fingerprint density at radius 2 is 1.85 bits per heavy atom. The third-order valence-electron chi connectivity index (χ3n) is 2.43. The summed E-state index contributed by atoms with van der Waals surface area (Å²) in [5.41, 5.74) is 1.49. The maximum absolute atomic E-state index is 3.61. The largest absolute Gasteiger partial charge is 0.134 e. The third kappa shape index (κ3) is 2.50. The summed E-state index contributed by atoms with van der Waals surface area (Å²) >= 11 is 3.61. The van der Waals surface area contributed by atoms with Crippen molar-refractivity contribution >= 4 is 26.8 Å². The van der Waals surface area contributed by atoms with Gasteiger partial charge < -0.3 is 0 Å². The fourth-order valence-electron chi connectivity index (χ4n) is 1.69. The Morgan fingerprint density at radius 3 is 2.54 bits per heavy atom. The first-order valence-corrected chi connectivity index (χ1v) is 7.26. The van der Waals surface area contributed by atoms with Gasteiger partial charge in [0.25, 0.3) is 0 Å². The lowest BCUT2D eigenvalue weighted by Gasteiger charge is -2.03. The van der Waals surface area contributed by atoms with Crippen molar-refractivity contribution in [1.29, 1.82) is 0 Å². The molecule has 1 heterocycles. The molecule has 0 nitrogen and oxygen atoms in total. The average molecular weight is 258 g/mol. The Balaban J connectivity index is 2.04. The number of rotatable bonds is 2. The van der Waals surface area contributed by atoms with Gasteiger partial charge in [0.1, 0.15) is 17.3 Å². The topological polar surface area (TPSA) is 0 Å². The van der Waals surface area contributed by atoms with E-state index in [1.54, 1.807) is 0 Å². The molecule has 0 radical (unpaired) electrons. The fourth-order valence-corrected chi connectivity index (χ4v) is 4.71. The van der Waals surface area contributed by atoms with Crippen LogP contribution >= 0.6 is 15.9 Å². The van der Waals surface area contributed by atoms with Crippen LogP contribution in [0.4, 0.5) is 0 Å². The Labute approximate surface area is 91.2 Å². The number of benzene rings is 1. The fraction of sp³-hybridized carbons (Fsp3) is 0.455. The zero-order chi connectivity index (χ0) is 9.10. The molecular weight excluding hydrogens is 244 g/mol. The van der Waals surface area contributed by atoms with E-state index in [-0.39, 0.29) is 0 Å². The molecule has 2 heteroatoms. The molecule has 1 saturated heterocycles. The van der Waals surface area contributed by atoms with E-state index in [0.717, 1.165) is 0 Å². The van der Waals surface area contributed by atoms with Crippen molar-refractivity contribution in [3.8, 4) is 0 Å². The summed E-state index contributed by atoms with van der Waals surface area (Å²) in [6.07, 6.45) is 2.90. The molecule has 1 aromatic carbocycles. The van der Waals surface area contributed by atoms with E-state index in [2.05, 4.69) is 40.2 Å². The number of hydrogen-bond donors (Lipinski definition) is 0. The molecule has 0 saturated carbocycles. The van der Waals surface area contributed by atoms with Crippen LogP contribution in [0.2, 0.25) is 0 Å². The van der Waals surface area contributed by atoms with Gasteiger partial charge in [-0.05, 0) is 29.8 Å². The predicted molar refractivity (Wildman–Crippen MR) is 64.2 cm³/mol. The van der Waals surface area contributed by atoms with Crippen molar-refractivity contribution in [1.82, 2.24) is 0 Å². The lowest BCUT2D eigenvalue weighted by molar-refractivity contribution is 0.949. The second-order valence-corrected chi connectivity index (χ2v) is 6.65. The summed E-state index contributed by atoms with van der Waals surface area (Å²) in [6.45, 7) is 0. The smallest absolute Gasteiger partial charge is 0.0617 e. The lowest BCUT2D eigenvalue weighted by Crippen LogP contribution is -2.06. The molecule has 0 aliphatic carbocycles. The van der Waals surface area contributed by atoms with Gasteiger partial charge in [0.05, 0.1) is 0 Å². The predicted octanol–water partition coefficient (Wildman–Crippen LogP) is 3.36. The first-order chi connectivity index (χ1) is 6.36. The van der Waals surface area contributed by atoms with E-state index < -0.39 is 0 Å². The first kappa shape index (κ1) is 9.60.